The molecule has 0 unspecified atom stereocenters. The lowest BCUT2D eigenvalue weighted by Gasteiger charge is -2.40. The standard InChI is InChI=1S/C18H27N3O3/c1-13(2)16(19)17(22)21-10-9-20(11-14(21)3)18(23)24-12-15-7-5-4-6-8-15/h4-8,13-14,16H,9-12,19H2,1-3H3/t14-,16+/m1/s1. The van der Waals surface area contributed by atoms with Crippen LogP contribution in [-0.2, 0) is 16.1 Å². The van der Waals surface area contributed by atoms with E-state index in [2.05, 4.69) is 0 Å². The van der Waals surface area contributed by atoms with E-state index < -0.39 is 6.04 Å². The Balaban J connectivity index is 1.86. The van der Waals surface area contributed by atoms with Gasteiger partial charge in [-0.05, 0) is 18.4 Å². The Bertz CT molecular complexity index is 562. The van der Waals surface area contributed by atoms with Gasteiger partial charge < -0.3 is 20.3 Å². The van der Waals surface area contributed by atoms with Crippen LogP contribution < -0.4 is 5.73 Å². The summed E-state index contributed by atoms with van der Waals surface area (Å²) in [6.07, 6.45) is -0.342. The third-order valence-electron chi connectivity index (χ3n) is 4.38. The van der Waals surface area contributed by atoms with Gasteiger partial charge in [-0.2, -0.15) is 0 Å². The largest absolute Gasteiger partial charge is 0.445 e. The second-order valence-electron chi connectivity index (χ2n) is 6.64. The Morgan fingerprint density at radius 2 is 1.92 bits per heavy atom. The van der Waals surface area contributed by atoms with Crippen molar-refractivity contribution in [1.29, 1.82) is 0 Å². The number of carbonyl (C=O) groups is 2. The Morgan fingerprint density at radius 1 is 1.25 bits per heavy atom. The van der Waals surface area contributed by atoms with Crippen LogP contribution in [0.5, 0.6) is 0 Å². The van der Waals surface area contributed by atoms with Crippen LogP contribution in [0.15, 0.2) is 30.3 Å². The van der Waals surface area contributed by atoms with Gasteiger partial charge in [0.2, 0.25) is 5.91 Å². The van der Waals surface area contributed by atoms with E-state index in [0.717, 1.165) is 5.56 Å². The van der Waals surface area contributed by atoms with Gasteiger partial charge in [0.15, 0.2) is 0 Å². The molecule has 2 amide bonds. The average Bonchev–Trinajstić information content (AvgIpc) is 2.59. The molecule has 0 aliphatic carbocycles. The maximum Gasteiger partial charge on any atom is 0.410 e. The fraction of sp³-hybridized carbons (Fsp3) is 0.556. The van der Waals surface area contributed by atoms with Crippen molar-refractivity contribution in [1.82, 2.24) is 9.80 Å². The van der Waals surface area contributed by atoms with E-state index in [-0.39, 0.29) is 30.6 Å². The van der Waals surface area contributed by atoms with Crippen LogP contribution in [0.1, 0.15) is 26.3 Å². The number of hydrogen-bond donors (Lipinski definition) is 1. The van der Waals surface area contributed by atoms with Crippen molar-refractivity contribution in [2.24, 2.45) is 11.7 Å². The van der Waals surface area contributed by atoms with E-state index in [0.29, 0.717) is 19.6 Å². The van der Waals surface area contributed by atoms with Gasteiger partial charge in [0, 0.05) is 25.7 Å². The Kier molecular flexibility index (Phi) is 6.20. The first-order chi connectivity index (χ1) is 11.4. The van der Waals surface area contributed by atoms with Crippen LogP contribution in [0, 0.1) is 5.92 Å². The summed E-state index contributed by atoms with van der Waals surface area (Å²) < 4.78 is 5.36. The van der Waals surface area contributed by atoms with Crippen LogP contribution in [0.4, 0.5) is 4.79 Å². The first-order valence-electron chi connectivity index (χ1n) is 8.42. The molecule has 6 nitrogen and oxygen atoms in total. The Labute approximate surface area is 143 Å². The first-order valence-corrected chi connectivity index (χ1v) is 8.42. The van der Waals surface area contributed by atoms with Crippen LogP contribution in [-0.4, -0.2) is 53.5 Å². The third kappa shape index (κ3) is 4.47. The van der Waals surface area contributed by atoms with Crippen molar-refractivity contribution < 1.29 is 14.3 Å². The van der Waals surface area contributed by atoms with E-state index in [1.165, 1.54) is 0 Å². The van der Waals surface area contributed by atoms with Crippen LogP contribution in [0.3, 0.4) is 0 Å². The van der Waals surface area contributed by atoms with Gasteiger partial charge in [-0.15, -0.1) is 0 Å². The Morgan fingerprint density at radius 3 is 2.50 bits per heavy atom. The molecule has 1 aliphatic rings. The van der Waals surface area contributed by atoms with Gasteiger partial charge in [-0.1, -0.05) is 44.2 Å². The topological polar surface area (TPSA) is 75.9 Å². The predicted molar refractivity (Wildman–Crippen MR) is 92.2 cm³/mol. The van der Waals surface area contributed by atoms with Crippen molar-refractivity contribution in [2.75, 3.05) is 19.6 Å². The number of carbonyl (C=O) groups excluding carboxylic acids is 2. The summed E-state index contributed by atoms with van der Waals surface area (Å²) in [6, 6.07) is 9.01. The highest BCUT2D eigenvalue weighted by Gasteiger charge is 2.33. The average molecular weight is 333 g/mol. The van der Waals surface area contributed by atoms with Crippen LogP contribution in [0.2, 0.25) is 0 Å². The van der Waals surface area contributed by atoms with Gasteiger partial charge in [0.05, 0.1) is 6.04 Å². The molecule has 0 bridgehead atoms. The first kappa shape index (κ1) is 18.3. The highest BCUT2D eigenvalue weighted by atomic mass is 16.6. The fourth-order valence-electron chi connectivity index (χ4n) is 2.74. The summed E-state index contributed by atoms with van der Waals surface area (Å²) in [5.41, 5.74) is 6.92. The van der Waals surface area contributed by atoms with E-state index in [1.807, 2.05) is 51.1 Å². The van der Waals surface area contributed by atoms with Gasteiger partial charge in [0.1, 0.15) is 6.61 Å². The maximum absolute atomic E-state index is 12.4. The summed E-state index contributed by atoms with van der Waals surface area (Å²) >= 11 is 0. The van der Waals surface area contributed by atoms with E-state index in [9.17, 15) is 9.59 Å². The molecule has 1 aromatic carbocycles. The molecule has 0 radical (unpaired) electrons. The lowest BCUT2D eigenvalue weighted by Crippen LogP contribution is -2.59. The smallest absolute Gasteiger partial charge is 0.410 e. The summed E-state index contributed by atoms with van der Waals surface area (Å²) in [4.78, 5) is 28.0. The number of hydrogen-bond acceptors (Lipinski definition) is 4. The molecular formula is C18H27N3O3. The van der Waals surface area contributed by atoms with Crippen molar-refractivity contribution >= 4 is 12.0 Å². The van der Waals surface area contributed by atoms with Gasteiger partial charge in [-0.25, -0.2) is 4.79 Å². The number of benzene rings is 1. The molecule has 2 N–H and O–H groups in total. The molecule has 1 fully saturated rings. The van der Waals surface area contributed by atoms with Crippen molar-refractivity contribution in [3.05, 3.63) is 35.9 Å². The minimum absolute atomic E-state index is 0.0465. The highest BCUT2D eigenvalue weighted by Crippen LogP contribution is 2.14. The molecule has 0 spiro atoms. The summed E-state index contributed by atoms with van der Waals surface area (Å²) in [7, 11) is 0. The zero-order valence-electron chi connectivity index (χ0n) is 14.6. The van der Waals surface area contributed by atoms with Gasteiger partial charge >= 0.3 is 6.09 Å². The molecule has 132 valence electrons. The quantitative estimate of drug-likeness (QED) is 0.912. The second kappa shape index (κ2) is 8.15. The summed E-state index contributed by atoms with van der Waals surface area (Å²) in [5, 5.41) is 0. The minimum atomic E-state index is -0.496. The monoisotopic (exact) mass is 333 g/mol. The molecule has 1 aromatic rings. The molecule has 1 aliphatic heterocycles. The number of piperazine rings is 1. The Hall–Kier alpha value is -2.08. The normalized spacial score (nSPS) is 19.3. The van der Waals surface area contributed by atoms with E-state index in [1.54, 1.807) is 9.80 Å². The molecule has 0 aromatic heterocycles. The lowest BCUT2D eigenvalue weighted by atomic mass is 10.0. The van der Waals surface area contributed by atoms with Gasteiger partial charge in [0.25, 0.3) is 0 Å². The number of nitrogens with zero attached hydrogens (tertiary/aromatic N) is 2. The molecule has 2 atom stereocenters. The molecule has 0 saturated carbocycles. The second-order valence-corrected chi connectivity index (χ2v) is 6.64. The van der Waals surface area contributed by atoms with Crippen LogP contribution >= 0.6 is 0 Å². The van der Waals surface area contributed by atoms with E-state index in [4.69, 9.17) is 10.5 Å². The number of nitrogens with two attached hydrogens (primary N) is 1. The SMILES string of the molecule is CC(C)[C@H](N)C(=O)N1CCN(C(=O)OCc2ccccc2)C[C@H]1C. The molecule has 6 heteroatoms. The minimum Gasteiger partial charge on any atom is -0.445 e. The van der Waals surface area contributed by atoms with Crippen molar-refractivity contribution in [2.45, 2.75) is 39.5 Å². The van der Waals surface area contributed by atoms with Crippen LogP contribution in [0.25, 0.3) is 0 Å². The predicted octanol–water partition coefficient (Wildman–Crippen LogP) is 1.84. The lowest BCUT2D eigenvalue weighted by molar-refractivity contribution is -0.137. The fourth-order valence-corrected chi connectivity index (χ4v) is 2.74. The molecule has 2 rings (SSSR count). The summed E-state index contributed by atoms with van der Waals surface area (Å²) in [5.74, 6) is 0.0494. The number of amides is 2. The molecule has 1 saturated heterocycles. The van der Waals surface area contributed by atoms with E-state index >= 15 is 0 Å². The maximum atomic E-state index is 12.4. The van der Waals surface area contributed by atoms with Crippen molar-refractivity contribution in [3.63, 3.8) is 0 Å². The van der Waals surface area contributed by atoms with Gasteiger partial charge in [-0.3, -0.25) is 4.79 Å². The zero-order chi connectivity index (χ0) is 17.7. The number of rotatable bonds is 4. The summed E-state index contributed by atoms with van der Waals surface area (Å²) in [6.45, 7) is 7.47. The molecule has 24 heavy (non-hydrogen) atoms. The zero-order valence-corrected chi connectivity index (χ0v) is 14.6. The van der Waals surface area contributed by atoms with Crippen molar-refractivity contribution in [3.8, 4) is 0 Å². The highest BCUT2D eigenvalue weighted by molar-refractivity contribution is 5.82. The molecular weight excluding hydrogens is 306 g/mol. The number of ether oxygens (including phenoxy) is 1. The molecule has 1 heterocycles. The third-order valence-corrected chi connectivity index (χ3v) is 4.38.